The second-order valence-corrected chi connectivity index (χ2v) is 6.39. The van der Waals surface area contributed by atoms with E-state index in [9.17, 15) is 10.2 Å². The minimum atomic E-state index is -1.20. The van der Waals surface area contributed by atoms with Gasteiger partial charge in [0.1, 0.15) is 11.2 Å². The molecule has 124 valence electrons. The highest BCUT2D eigenvalue weighted by Crippen LogP contribution is 2.30. The fourth-order valence-corrected chi connectivity index (χ4v) is 2.10. The molecule has 6 N–H and O–H groups in total. The molecule has 23 heavy (non-hydrogen) atoms. The lowest BCUT2D eigenvalue weighted by Crippen LogP contribution is -2.20. The smallest absolute Gasteiger partial charge is 0.221 e. The molecule has 0 aliphatic heterocycles. The van der Waals surface area contributed by atoms with Crippen LogP contribution in [0.4, 0.5) is 11.4 Å². The zero-order valence-corrected chi connectivity index (χ0v) is 13.7. The molecule has 0 radical (unpaired) electrons. The van der Waals surface area contributed by atoms with Gasteiger partial charge in [-0.25, -0.2) is 9.97 Å². The molecule has 0 aromatic carbocycles. The van der Waals surface area contributed by atoms with Gasteiger partial charge in [-0.05, 0) is 39.8 Å². The Morgan fingerprint density at radius 3 is 1.43 bits per heavy atom. The fraction of sp³-hybridized carbons (Fsp3) is 0.375. The van der Waals surface area contributed by atoms with E-state index < -0.39 is 11.2 Å². The van der Waals surface area contributed by atoms with E-state index in [1.165, 1.54) is 0 Å². The Labute approximate surface area is 134 Å². The van der Waals surface area contributed by atoms with Crippen molar-refractivity contribution in [3.05, 3.63) is 35.7 Å². The zero-order chi connectivity index (χ0) is 17.4. The molecule has 7 nitrogen and oxygen atoms in total. The van der Waals surface area contributed by atoms with E-state index in [1.54, 1.807) is 52.0 Å². The second-order valence-electron chi connectivity index (χ2n) is 6.39. The third-order valence-electron chi connectivity index (χ3n) is 3.17. The monoisotopic (exact) mass is 318 g/mol. The van der Waals surface area contributed by atoms with Crippen LogP contribution in [-0.2, 0) is 11.2 Å². The first kappa shape index (κ1) is 17.0. The molecule has 0 aliphatic carbocycles. The molecule has 0 atom stereocenters. The number of anilines is 2. The van der Waals surface area contributed by atoms with E-state index in [0.29, 0.717) is 22.8 Å². The maximum atomic E-state index is 10.1. The lowest BCUT2D eigenvalue weighted by atomic mass is 10.0. The minimum Gasteiger partial charge on any atom is -0.421 e. The number of pyridine rings is 2. The van der Waals surface area contributed by atoms with Gasteiger partial charge in [-0.1, -0.05) is 0 Å². The molecule has 0 amide bonds. The minimum absolute atomic E-state index is 0.232. The van der Waals surface area contributed by atoms with Crippen molar-refractivity contribution in [3.8, 4) is 11.8 Å². The molecule has 0 fully saturated rings. The summed E-state index contributed by atoms with van der Waals surface area (Å²) >= 11 is 0. The Morgan fingerprint density at radius 2 is 1.13 bits per heavy atom. The summed E-state index contributed by atoms with van der Waals surface area (Å²) < 4.78 is 5.60. The van der Waals surface area contributed by atoms with Crippen LogP contribution in [-0.4, -0.2) is 20.2 Å². The topological polar surface area (TPSA) is 128 Å². The number of nitrogens with zero attached hydrogens (tertiary/aromatic N) is 2. The summed E-state index contributed by atoms with van der Waals surface area (Å²) in [6, 6.07) is 6.35. The lowest BCUT2D eigenvalue weighted by Gasteiger charge is -2.20. The highest BCUT2D eigenvalue weighted by molar-refractivity contribution is 5.49. The van der Waals surface area contributed by atoms with Gasteiger partial charge in [-0.3, -0.25) is 0 Å². The predicted molar refractivity (Wildman–Crippen MR) is 87.9 cm³/mol. The van der Waals surface area contributed by atoms with Crippen LogP contribution in [0.15, 0.2) is 24.3 Å². The maximum absolute atomic E-state index is 10.1. The van der Waals surface area contributed by atoms with Crippen LogP contribution in [0.25, 0.3) is 0 Å². The SMILES string of the molecule is CC(C)(O)c1nc(Oc2ccc(N)c(C(C)(C)O)n2)ccc1N. The van der Waals surface area contributed by atoms with Gasteiger partial charge in [-0.15, -0.1) is 0 Å². The van der Waals surface area contributed by atoms with Gasteiger partial charge < -0.3 is 26.4 Å². The van der Waals surface area contributed by atoms with Crippen LogP contribution < -0.4 is 16.2 Å². The first-order valence-corrected chi connectivity index (χ1v) is 7.15. The molecule has 0 unspecified atom stereocenters. The average Bonchev–Trinajstić information content (AvgIpc) is 2.40. The van der Waals surface area contributed by atoms with Crippen molar-refractivity contribution in [3.63, 3.8) is 0 Å². The highest BCUT2D eigenvalue weighted by atomic mass is 16.5. The van der Waals surface area contributed by atoms with Crippen molar-refractivity contribution in [1.82, 2.24) is 9.97 Å². The molecule has 0 saturated heterocycles. The summed E-state index contributed by atoms with van der Waals surface area (Å²) in [5.74, 6) is 0.464. The number of hydrogen-bond donors (Lipinski definition) is 4. The number of aliphatic hydroxyl groups is 2. The third kappa shape index (κ3) is 3.88. The van der Waals surface area contributed by atoms with Crippen molar-refractivity contribution in [2.75, 3.05) is 11.5 Å². The predicted octanol–water partition coefficient (Wildman–Crippen LogP) is 1.89. The Hall–Kier alpha value is -2.38. The van der Waals surface area contributed by atoms with Gasteiger partial charge in [0.05, 0.1) is 22.8 Å². The van der Waals surface area contributed by atoms with Gasteiger partial charge in [0.15, 0.2) is 0 Å². The van der Waals surface area contributed by atoms with Gasteiger partial charge in [0, 0.05) is 12.1 Å². The van der Waals surface area contributed by atoms with Crippen LogP contribution in [0, 0.1) is 0 Å². The van der Waals surface area contributed by atoms with Crippen molar-refractivity contribution >= 4 is 11.4 Å². The van der Waals surface area contributed by atoms with Gasteiger partial charge >= 0.3 is 0 Å². The first-order valence-electron chi connectivity index (χ1n) is 7.15. The Morgan fingerprint density at radius 1 is 0.783 bits per heavy atom. The molecule has 0 saturated carbocycles. The van der Waals surface area contributed by atoms with Crippen LogP contribution in [0.2, 0.25) is 0 Å². The molecule has 0 bridgehead atoms. The number of nitrogen functional groups attached to an aromatic ring is 2. The molecule has 0 aliphatic rings. The van der Waals surface area contributed by atoms with Crippen LogP contribution >= 0.6 is 0 Å². The molecule has 2 aromatic rings. The first-order chi connectivity index (χ1) is 10.5. The standard InChI is InChI=1S/C16H22N4O3/c1-15(2,21)13-9(17)5-7-11(19-13)23-12-8-6-10(18)14(20-12)16(3,4)22/h5-8,21-22H,17-18H2,1-4H3. The zero-order valence-electron chi connectivity index (χ0n) is 13.7. The lowest BCUT2D eigenvalue weighted by molar-refractivity contribution is 0.0739. The Bertz CT molecular complexity index is 657. The largest absolute Gasteiger partial charge is 0.421 e. The molecule has 2 heterocycles. The van der Waals surface area contributed by atoms with E-state index in [4.69, 9.17) is 16.2 Å². The van der Waals surface area contributed by atoms with Crippen molar-refractivity contribution in [1.29, 1.82) is 0 Å². The van der Waals surface area contributed by atoms with Gasteiger partial charge in [-0.2, -0.15) is 0 Å². The normalized spacial score (nSPS) is 12.3. The van der Waals surface area contributed by atoms with Crippen molar-refractivity contribution < 1.29 is 14.9 Å². The summed E-state index contributed by atoms with van der Waals surface area (Å²) in [5.41, 5.74) is 10.6. The Balaban J connectivity index is 2.37. The number of aromatic nitrogens is 2. The summed E-state index contributed by atoms with van der Waals surface area (Å²) in [6.45, 7) is 6.35. The summed E-state index contributed by atoms with van der Waals surface area (Å²) in [5, 5.41) is 20.2. The van der Waals surface area contributed by atoms with E-state index >= 15 is 0 Å². The molecular formula is C16H22N4O3. The molecule has 0 spiro atoms. The fourth-order valence-electron chi connectivity index (χ4n) is 2.10. The van der Waals surface area contributed by atoms with E-state index in [0.717, 1.165) is 0 Å². The molecule has 2 rings (SSSR count). The Kier molecular flexibility index (Phi) is 4.19. The summed E-state index contributed by atoms with van der Waals surface area (Å²) in [7, 11) is 0. The molecular weight excluding hydrogens is 296 g/mol. The van der Waals surface area contributed by atoms with Gasteiger partial charge in [0.25, 0.3) is 0 Å². The van der Waals surface area contributed by atoms with Crippen molar-refractivity contribution in [2.24, 2.45) is 0 Å². The second kappa shape index (κ2) is 5.68. The number of ether oxygens (including phenoxy) is 1. The highest BCUT2D eigenvalue weighted by Gasteiger charge is 2.23. The molecule has 7 heteroatoms. The summed E-state index contributed by atoms with van der Waals surface area (Å²) in [4.78, 5) is 8.44. The summed E-state index contributed by atoms with van der Waals surface area (Å²) in [6.07, 6.45) is 0. The van der Waals surface area contributed by atoms with E-state index in [-0.39, 0.29) is 11.8 Å². The number of hydrogen-bond acceptors (Lipinski definition) is 7. The van der Waals surface area contributed by atoms with Gasteiger partial charge in [0.2, 0.25) is 11.8 Å². The molecule has 2 aromatic heterocycles. The van der Waals surface area contributed by atoms with Crippen molar-refractivity contribution in [2.45, 2.75) is 38.9 Å². The van der Waals surface area contributed by atoms with Crippen LogP contribution in [0.5, 0.6) is 11.8 Å². The van der Waals surface area contributed by atoms with Crippen LogP contribution in [0.1, 0.15) is 39.1 Å². The van der Waals surface area contributed by atoms with E-state index in [1.807, 2.05) is 0 Å². The third-order valence-corrected chi connectivity index (χ3v) is 3.17. The van der Waals surface area contributed by atoms with E-state index in [2.05, 4.69) is 9.97 Å². The van der Waals surface area contributed by atoms with Crippen LogP contribution in [0.3, 0.4) is 0 Å². The number of rotatable bonds is 4. The quantitative estimate of drug-likeness (QED) is 0.677. The number of nitrogens with two attached hydrogens (primary N) is 2. The average molecular weight is 318 g/mol. The maximum Gasteiger partial charge on any atom is 0.221 e.